The molecule has 9 nitrogen and oxygen atoms in total. The Morgan fingerprint density at radius 3 is 2.56 bits per heavy atom. The summed E-state index contributed by atoms with van der Waals surface area (Å²) in [5, 5.41) is 2.91. The smallest absolute Gasteiger partial charge is 0.395 e. The number of piperidine rings is 1. The summed E-state index contributed by atoms with van der Waals surface area (Å²) >= 11 is 0. The summed E-state index contributed by atoms with van der Waals surface area (Å²) in [6.07, 6.45) is -0.675. The van der Waals surface area contributed by atoms with Crippen LogP contribution >= 0.6 is 0 Å². The first-order valence-electron chi connectivity index (χ1n) is 12.7. The van der Waals surface area contributed by atoms with Crippen LogP contribution in [0.4, 0.5) is 13.2 Å². The maximum atomic E-state index is 15.3. The molecule has 1 amide bonds. The highest BCUT2D eigenvalue weighted by molar-refractivity contribution is 7.88. The number of alkyl halides is 3. The number of benzene rings is 2. The zero-order valence-corrected chi connectivity index (χ0v) is 21.9. The minimum Gasteiger partial charge on any atom is -0.395 e. The Bertz CT molecular complexity index is 1560. The number of sulfonamides is 1. The Balaban J connectivity index is 1.21. The average molecular weight is 565 g/mol. The first kappa shape index (κ1) is 25.9. The van der Waals surface area contributed by atoms with Gasteiger partial charge in [0.2, 0.25) is 10.0 Å². The van der Waals surface area contributed by atoms with Gasteiger partial charge in [0.15, 0.2) is 17.2 Å². The van der Waals surface area contributed by atoms with Crippen molar-refractivity contribution in [2.24, 2.45) is 5.92 Å². The van der Waals surface area contributed by atoms with Gasteiger partial charge in [-0.25, -0.2) is 22.1 Å². The van der Waals surface area contributed by atoms with E-state index in [0.29, 0.717) is 67.5 Å². The average Bonchev–Trinajstić information content (AvgIpc) is 3.39. The molecule has 0 radical (unpaired) electrons. The number of hydrogen-bond donors (Lipinski definition) is 1. The van der Waals surface area contributed by atoms with E-state index in [0.717, 1.165) is 0 Å². The number of carbonyl (C=O) groups excluding carboxylic acids is 1. The Kier molecular flexibility index (Phi) is 6.06. The SMILES string of the molecule is CS(=O)(=O)N1CCC(CNC(=O)c2ccc3c(c2)nc(C2(F)CC2)n3Cc2cccc3c2OC(F)(F)O3)CC1. The van der Waals surface area contributed by atoms with Crippen LogP contribution in [0.25, 0.3) is 11.0 Å². The Labute approximate surface area is 222 Å². The Morgan fingerprint density at radius 2 is 1.87 bits per heavy atom. The molecule has 1 N–H and O–H groups in total. The van der Waals surface area contributed by atoms with Crippen molar-refractivity contribution < 1.29 is 35.9 Å². The molecule has 3 aromatic rings. The van der Waals surface area contributed by atoms with Crippen LogP contribution in [0.15, 0.2) is 36.4 Å². The van der Waals surface area contributed by atoms with Crippen LogP contribution in [0, 0.1) is 5.92 Å². The molecule has 0 atom stereocenters. The molecule has 0 spiro atoms. The Morgan fingerprint density at radius 1 is 1.13 bits per heavy atom. The van der Waals surface area contributed by atoms with Gasteiger partial charge in [-0.3, -0.25) is 4.79 Å². The predicted molar refractivity (Wildman–Crippen MR) is 135 cm³/mol. The standard InChI is InChI=1S/C26H27F3N4O5S/c1-39(35,36)32-11-7-16(8-12-32)14-30-23(34)17-5-6-20-19(13-17)31-24(25(27)9-10-25)33(20)15-18-3-2-4-21-22(18)38-26(28,29)37-21/h2-6,13,16H,7-12,14-15H2,1H3,(H,30,34). The molecule has 1 aliphatic carbocycles. The van der Waals surface area contributed by atoms with Crippen molar-refractivity contribution in [3.05, 3.63) is 53.3 Å². The molecule has 208 valence electrons. The van der Waals surface area contributed by atoms with Gasteiger partial charge < -0.3 is 19.4 Å². The van der Waals surface area contributed by atoms with E-state index in [-0.39, 0.29) is 35.7 Å². The van der Waals surface area contributed by atoms with E-state index in [1.165, 1.54) is 16.6 Å². The molecule has 13 heteroatoms. The van der Waals surface area contributed by atoms with Crippen molar-refractivity contribution in [3.63, 3.8) is 0 Å². The number of rotatable bonds is 7. The lowest BCUT2D eigenvalue weighted by atomic mass is 9.98. The number of amides is 1. The summed E-state index contributed by atoms with van der Waals surface area (Å²) in [7, 11) is -3.22. The van der Waals surface area contributed by atoms with E-state index in [9.17, 15) is 22.0 Å². The van der Waals surface area contributed by atoms with Gasteiger partial charge in [-0.1, -0.05) is 12.1 Å². The van der Waals surface area contributed by atoms with Crippen molar-refractivity contribution in [2.45, 2.75) is 44.2 Å². The molecule has 3 aliphatic rings. The van der Waals surface area contributed by atoms with Gasteiger partial charge in [0.05, 0.1) is 23.8 Å². The van der Waals surface area contributed by atoms with Crippen LogP contribution in [-0.4, -0.2) is 60.4 Å². The lowest BCUT2D eigenvalue weighted by Crippen LogP contribution is -2.41. The van der Waals surface area contributed by atoms with Gasteiger partial charge in [-0.15, -0.1) is 8.78 Å². The molecule has 1 saturated carbocycles. The number of para-hydroxylation sites is 1. The normalized spacial score (nSPS) is 20.3. The second-order valence-corrected chi connectivity index (χ2v) is 12.4. The number of halogens is 3. The number of fused-ring (bicyclic) bond motifs is 2. The zero-order valence-electron chi connectivity index (χ0n) is 21.1. The molecule has 2 aromatic carbocycles. The fourth-order valence-corrected chi connectivity index (χ4v) is 6.08. The van der Waals surface area contributed by atoms with Gasteiger partial charge in [0.25, 0.3) is 5.91 Å². The largest absolute Gasteiger partial charge is 0.586 e. The van der Waals surface area contributed by atoms with Crippen molar-refractivity contribution in [2.75, 3.05) is 25.9 Å². The molecule has 39 heavy (non-hydrogen) atoms. The molecule has 2 aliphatic heterocycles. The van der Waals surface area contributed by atoms with Gasteiger partial charge in [-0.05, 0) is 55.9 Å². The van der Waals surface area contributed by atoms with E-state index in [1.54, 1.807) is 34.9 Å². The number of hydrogen-bond acceptors (Lipinski definition) is 6. The van der Waals surface area contributed by atoms with Crippen molar-refractivity contribution >= 4 is 27.0 Å². The van der Waals surface area contributed by atoms with Gasteiger partial charge >= 0.3 is 6.29 Å². The van der Waals surface area contributed by atoms with Crippen LogP contribution < -0.4 is 14.8 Å². The van der Waals surface area contributed by atoms with E-state index in [4.69, 9.17) is 4.74 Å². The van der Waals surface area contributed by atoms with Crippen molar-refractivity contribution in [3.8, 4) is 11.5 Å². The monoisotopic (exact) mass is 564 g/mol. The highest BCUT2D eigenvalue weighted by Gasteiger charge is 2.50. The van der Waals surface area contributed by atoms with E-state index < -0.39 is 22.0 Å². The summed E-state index contributed by atoms with van der Waals surface area (Å²) in [6.45, 7) is 1.29. The lowest BCUT2D eigenvalue weighted by Gasteiger charge is -2.30. The number of nitrogens with zero attached hydrogens (tertiary/aromatic N) is 3. The third-order valence-corrected chi connectivity index (χ3v) is 8.84. The number of imidazole rings is 1. The first-order valence-corrected chi connectivity index (χ1v) is 14.6. The maximum Gasteiger partial charge on any atom is 0.586 e. The molecular formula is C26H27F3N4O5S. The third-order valence-electron chi connectivity index (χ3n) is 7.53. The summed E-state index contributed by atoms with van der Waals surface area (Å²) < 4.78 is 78.5. The summed E-state index contributed by atoms with van der Waals surface area (Å²) in [5.74, 6) is -0.165. The van der Waals surface area contributed by atoms with Crippen LogP contribution in [0.2, 0.25) is 0 Å². The minimum absolute atomic E-state index is 0.0256. The molecule has 1 saturated heterocycles. The first-order chi connectivity index (χ1) is 18.4. The number of aromatic nitrogens is 2. The minimum atomic E-state index is -3.77. The van der Waals surface area contributed by atoms with E-state index in [2.05, 4.69) is 15.0 Å². The van der Waals surface area contributed by atoms with Crippen molar-refractivity contribution in [1.82, 2.24) is 19.2 Å². The summed E-state index contributed by atoms with van der Waals surface area (Å²) in [5.41, 5.74) is 0.0906. The molecule has 0 unspecified atom stereocenters. The number of ether oxygens (including phenoxy) is 2. The lowest BCUT2D eigenvalue weighted by molar-refractivity contribution is -0.287. The third kappa shape index (κ3) is 5.05. The summed E-state index contributed by atoms with van der Waals surface area (Å²) in [6, 6.07) is 9.43. The second kappa shape index (κ2) is 9.12. The summed E-state index contributed by atoms with van der Waals surface area (Å²) in [4.78, 5) is 17.4. The van der Waals surface area contributed by atoms with Crippen molar-refractivity contribution in [1.29, 1.82) is 0 Å². The van der Waals surface area contributed by atoms with Crippen LogP contribution in [0.3, 0.4) is 0 Å². The Hall–Kier alpha value is -3.32. The predicted octanol–water partition coefficient (Wildman–Crippen LogP) is 3.77. The van der Waals surface area contributed by atoms with Gasteiger partial charge in [0.1, 0.15) is 5.82 Å². The second-order valence-electron chi connectivity index (χ2n) is 10.4. The topological polar surface area (TPSA) is 103 Å². The molecule has 6 rings (SSSR count). The fourth-order valence-electron chi connectivity index (χ4n) is 5.21. The highest BCUT2D eigenvalue weighted by Crippen LogP contribution is 2.50. The molecule has 3 heterocycles. The zero-order chi connectivity index (χ0) is 27.6. The van der Waals surface area contributed by atoms with Gasteiger partial charge in [0, 0.05) is 30.8 Å². The van der Waals surface area contributed by atoms with Crippen LogP contribution in [0.5, 0.6) is 11.5 Å². The fraction of sp³-hybridized carbons (Fsp3) is 0.462. The molecule has 1 aromatic heterocycles. The highest BCUT2D eigenvalue weighted by atomic mass is 32.2. The van der Waals surface area contributed by atoms with E-state index >= 15 is 4.39 Å². The van der Waals surface area contributed by atoms with E-state index in [1.807, 2.05) is 0 Å². The number of nitrogens with one attached hydrogen (secondary N) is 1. The van der Waals surface area contributed by atoms with Crippen LogP contribution in [0.1, 0.15) is 47.4 Å². The molecule has 2 fully saturated rings. The number of carbonyl (C=O) groups is 1. The molecule has 0 bridgehead atoms. The molecular weight excluding hydrogens is 537 g/mol. The quantitative estimate of drug-likeness (QED) is 0.469. The van der Waals surface area contributed by atoms with Gasteiger partial charge in [-0.2, -0.15) is 0 Å². The maximum absolute atomic E-state index is 15.3. The van der Waals surface area contributed by atoms with Crippen LogP contribution in [-0.2, 0) is 22.2 Å².